The van der Waals surface area contributed by atoms with Crippen LogP contribution in [0.5, 0.6) is 0 Å². The Kier molecular flexibility index (Phi) is 4.14. The summed E-state index contributed by atoms with van der Waals surface area (Å²) in [7, 11) is 3.59. The summed E-state index contributed by atoms with van der Waals surface area (Å²) in [6, 6.07) is 2.88. The lowest BCUT2D eigenvalue weighted by Crippen LogP contribution is -2.43. The number of hydrogen-bond acceptors (Lipinski definition) is 3. The number of aromatic nitrogens is 2. The number of amides is 2. The van der Waals surface area contributed by atoms with E-state index in [9.17, 15) is 4.79 Å². The molecule has 21 heavy (non-hydrogen) atoms. The van der Waals surface area contributed by atoms with E-state index in [1.807, 2.05) is 9.58 Å². The van der Waals surface area contributed by atoms with Gasteiger partial charge in [-0.3, -0.25) is 4.68 Å². The molecule has 3 rings (SSSR count). The third-order valence-electron chi connectivity index (χ3n) is 4.43. The fourth-order valence-corrected chi connectivity index (χ4v) is 3.24. The molecule has 1 N–H and O–H groups in total. The third-order valence-corrected chi connectivity index (χ3v) is 4.43. The predicted octanol–water partition coefficient (Wildman–Crippen LogP) is 1.41. The normalized spacial score (nSPS) is 18.9. The minimum Gasteiger partial charge on any atom is -0.331 e. The SMILES string of the molecule is CN(C)C(=O)N1CCn2nc(CNC3CCCC3)cc2C1. The van der Waals surface area contributed by atoms with Crippen molar-refractivity contribution in [2.45, 2.75) is 51.4 Å². The minimum absolute atomic E-state index is 0.0769. The first-order valence-electron chi connectivity index (χ1n) is 7.88. The van der Waals surface area contributed by atoms with Gasteiger partial charge in [0.05, 0.1) is 24.5 Å². The molecule has 1 fully saturated rings. The Morgan fingerprint density at radius 1 is 1.38 bits per heavy atom. The van der Waals surface area contributed by atoms with Crippen molar-refractivity contribution in [1.29, 1.82) is 0 Å². The molecule has 0 bridgehead atoms. The molecule has 0 atom stereocenters. The number of nitrogens with one attached hydrogen (secondary N) is 1. The topological polar surface area (TPSA) is 53.4 Å². The Morgan fingerprint density at radius 3 is 2.86 bits per heavy atom. The molecule has 6 heteroatoms. The molecule has 1 aromatic heterocycles. The van der Waals surface area contributed by atoms with Crippen LogP contribution in [0.2, 0.25) is 0 Å². The molecule has 0 radical (unpaired) electrons. The van der Waals surface area contributed by atoms with Gasteiger partial charge in [-0.25, -0.2) is 4.79 Å². The molecule has 0 aromatic carbocycles. The molecule has 0 saturated heterocycles. The molecule has 2 heterocycles. The monoisotopic (exact) mass is 291 g/mol. The van der Waals surface area contributed by atoms with Crippen molar-refractivity contribution in [3.8, 4) is 0 Å². The smallest absolute Gasteiger partial charge is 0.319 e. The highest BCUT2D eigenvalue weighted by Gasteiger charge is 2.23. The molecule has 2 aliphatic rings. The maximum atomic E-state index is 12.0. The Balaban J connectivity index is 1.60. The van der Waals surface area contributed by atoms with E-state index in [0.717, 1.165) is 31.0 Å². The van der Waals surface area contributed by atoms with E-state index in [1.165, 1.54) is 25.7 Å². The lowest BCUT2D eigenvalue weighted by atomic mass is 10.2. The van der Waals surface area contributed by atoms with Crippen molar-refractivity contribution in [2.24, 2.45) is 0 Å². The van der Waals surface area contributed by atoms with Crippen molar-refractivity contribution in [2.75, 3.05) is 20.6 Å². The van der Waals surface area contributed by atoms with Crippen LogP contribution < -0.4 is 5.32 Å². The average molecular weight is 291 g/mol. The van der Waals surface area contributed by atoms with Crippen molar-refractivity contribution in [3.05, 3.63) is 17.5 Å². The lowest BCUT2D eigenvalue weighted by Gasteiger charge is -2.29. The van der Waals surface area contributed by atoms with Crippen LogP contribution in [-0.2, 0) is 19.6 Å². The Labute approximate surface area is 126 Å². The largest absolute Gasteiger partial charge is 0.331 e. The molecule has 1 saturated carbocycles. The van der Waals surface area contributed by atoms with Crippen LogP contribution in [0, 0.1) is 0 Å². The first kappa shape index (κ1) is 14.4. The second-order valence-corrected chi connectivity index (χ2v) is 6.31. The number of nitrogens with zero attached hydrogens (tertiary/aromatic N) is 4. The number of urea groups is 1. The number of rotatable bonds is 3. The summed E-state index contributed by atoms with van der Waals surface area (Å²) in [5.74, 6) is 0. The van der Waals surface area contributed by atoms with Gasteiger partial charge in [0, 0.05) is 33.2 Å². The van der Waals surface area contributed by atoms with Gasteiger partial charge < -0.3 is 15.1 Å². The van der Waals surface area contributed by atoms with Crippen molar-refractivity contribution >= 4 is 6.03 Å². The van der Waals surface area contributed by atoms with Crippen molar-refractivity contribution < 1.29 is 4.79 Å². The third kappa shape index (κ3) is 3.20. The number of carbonyl (C=O) groups excluding carboxylic acids is 1. The van der Waals surface area contributed by atoms with E-state index in [2.05, 4.69) is 16.5 Å². The van der Waals surface area contributed by atoms with Crippen LogP contribution in [0.1, 0.15) is 37.1 Å². The molecular formula is C15H25N5O. The summed E-state index contributed by atoms with van der Waals surface area (Å²) in [6.45, 7) is 3.03. The molecule has 0 spiro atoms. The second kappa shape index (κ2) is 6.05. The van der Waals surface area contributed by atoms with Crippen LogP contribution in [-0.4, -0.2) is 52.3 Å². The molecular weight excluding hydrogens is 266 g/mol. The van der Waals surface area contributed by atoms with Crippen LogP contribution in [0.4, 0.5) is 4.79 Å². The molecule has 1 aliphatic carbocycles. The predicted molar refractivity (Wildman–Crippen MR) is 80.8 cm³/mol. The first-order valence-corrected chi connectivity index (χ1v) is 7.88. The highest BCUT2D eigenvalue weighted by Crippen LogP contribution is 2.19. The quantitative estimate of drug-likeness (QED) is 0.916. The fourth-order valence-electron chi connectivity index (χ4n) is 3.24. The zero-order valence-electron chi connectivity index (χ0n) is 13.0. The van der Waals surface area contributed by atoms with Crippen LogP contribution in [0.3, 0.4) is 0 Å². The van der Waals surface area contributed by atoms with Gasteiger partial charge in [-0.05, 0) is 18.9 Å². The summed E-state index contributed by atoms with van der Waals surface area (Å²) in [5.41, 5.74) is 2.23. The van der Waals surface area contributed by atoms with E-state index in [1.54, 1.807) is 19.0 Å². The second-order valence-electron chi connectivity index (χ2n) is 6.31. The van der Waals surface area contributed by atoms with E-state index >= 15 is 0 Å². The number of carbonyl (C=O) groups is 1. The van der Waals surface area contributed by atoms with E-state index < -0.39 is 0 Å². The standard InChI is InChI=1S/C15H25N5O/c1-18(2)15(21)19-7-8-20-14(11-19)9-13(17-20)10-16-12-5-3-4-6-12/h9,12,16H,3-8,10-11H2,1-2H3. The van der Waals surface area contributed by atoms with E-state index in [0.29, 0.717) is 12.6 Å². The number of hydrogen-bond donors (Lipinski definition) is 1. The van der Waals surface area contributed by atoms with Crippen LogP contribution in [0.25, 0.3) is 0 Å². The highest BCUT2D eigenvalue weighted by atomic mass is 16.2. The van der Waals surface area contributed by atoms with Crippen LogP contribution >= 0.6 is 0 Å². The Hall–Kier alpha value is -1.56. The van der Waals surface area contributed by atoms with Gasteiger partial charge in [-0.1, -0.05) is 12.8 Å². The van der Waals surface area contributed by atoms with E-state index in [-0.39, 0.29) is 6.03 Å². The maximum absolute atomic E-state index is 12.0. The fraction of sp³-hybridized carbons (Fsp3) is 0.733. The summed E-state index contributed by atoms with van der Waals surface area (Å²) in [6.07, 6.45) is 5.27. The van der Waals surface area contributed by atoms with Gasteiger partial charge in [0.2, 0.25) is 0 Å². The van der Waals surface area contributed by atoms with Gasteiger partial charge >= 0.3 is 6.03 Å². The average Bonchev–Trinajstić information content (AvgIpc) is 3.12. The van der Waals surface area contributed by atoms with Crippen molar-refractivity contribution in [3.63, 3.8) is 0 Å². The highest BCUT2D eigenvalue weighted by molar-refractivity contribution is 5.73. The Morgan fingerprint density at radius 2 is 2.14 bits per heavy atom. The molecule has 0 unspecified atom stereocenters. The van der Waals surface area contributed by atoms with Gasteiger partial charge in [-0.2, -0.15) is 5.10 Å². The summed E-state index contributed by atoms with van der Waals surface area (Å²) in [5, 5.41) is 8.25. The maximum Gasteiger partial charge on any atom is 0.319 e. The zero-order chi connectivity index (χ0) is 14.8. The van der Waals surface area contributed by atoms with Gasteiger partial charge in [0.25, 0.3) is 0 Å². The zero-order valence-corrected chi connectivity index (χ0v) is 13.0. The number of fused-ring (bicyclic) bond motifs is 1. The van der Waals surface area contributed by atoms with E-state index in [4.69, 9.17) is 0 Å². The van der Waals surface area contributed by atoms with Crippen LogP contribution in [0.15, 0.2) is 6.07 Å². The minimum atomic E-state index is 0.0769. The molecule has 2 amide bonds. The van der Waals surface area contributed by atoms with Gasteiger partial charge in [-0.15, -0.1) is 0 Å². The van der Waals surface area contributed by atoms with Gasteiger partial charge in [0.1, 0.15) is 0 Å². The summed E-state index contributed by atoms with van der Waals surface area (Å²) >= 11 is 0. The summed E-state index contributed by atoms with van der Waals surface area (Å²) < 4.78 is 2.05. The molecule has 116 valence electrons. The van der Waals surface area contributed by atoms with Gasteiger partial charge in [0.15, 0.2) is 0 Å². The Bertz CT molecular complexity index is 504. The lowest BCUT2D eigenvalue weighted by molar-refractivity contribution is 0.155. The van der Waals surface area contributed by atoms with Crippen molar-refractivity contribution in [1.82, 2.24) is 24.9 Å². The summed E-state index contributed by atoms with van der Waals surface area (Å²) in [4.78, 5) is 15.5. The molecule has 1 aromatic rings. The molecule has 1 aliphatic heterocycles. The first-order chi connectivity index (χ1) is 10.1. The molecule has 6 nitrogen and oxygen atoms in total.